The summed E-state index contributed by atoms with van der Waals surface area (Å²) in [6, 6.07) is 9.56. The lowest BCUT2D eigenvalue weighted by atomic mass is 10.3. The number of carbonyl (C=O) groups excluding carboxylic acids is 1. The molecule has 3 rings (SSSR count). The van der Waals surface area contributed by atoms with Crippen LogP contribution in [0.2, 0.25) is 5.02 Å². The molecule has 1 N–H and O–H groups in total. The Bertz CT molecular complexity index is 866. The molecule has 0 unspecified atom stereocenters. The van der Waals surface area contributed by atoms with Crippen LogP contribution in [0.3, 0.4) is 0 Å². The van der Waals surface area contributed by atoms with E-state index in [0.717, 1.165) is 11.3 Å². The minimum Gasteiger partial charge on any atom is -0.481 e. The second-order valence-electron chi connectivity index (χ2n) is 5.16. The first-order valence-electron chi connectivity index (χ1n) is 7.39. The van der Waals surface area contributed by atoms with Crippen LogP contribution in [0, 0.1) is 5.82 Å². The molecule has 0 fully saturated rings. The van der Waals surface area contributed by atoms with Crippen molar-refractivity contribution in [3.8, 4) is 5.75 Å². The molecular formula is C17H15ClFN3O2. The van der Waals surface area contributed by atoms with Gasteiger partial charge in [-0.2, -0.15) is 0 Å². The molecule has 124 valence electrons. The Hall–Kier alpha value is -2.60. The number of aromatic nitrogens is 2. The number of carbonyl (C=O) groups is 1. The van der Waals surface area contributed by atoms with Gasteiger partial charge in [-0.25, -0.2) is 9.37 Å². The second-order valence-corrected chi connectivity index (χ2v) is 5.60. The molecule has 0 saturated heterocycles. The third kappa shape index (κ3) is 4.02. The van der Waals surface area contributed by atoms with Crippen molar-refractivity contribution in [2.24, 2.45) is 0 Å². The van der Waals surface area contributed by atoms with Gasteiger partial charge in [0.05, 0.1) is 10.7 Å². The highest BCUT2D eigenvalue weighted by atomic mass is 35.5. The van der Waals surface area contributed by atoms with E-state index in [2.05, 4.69) is 10.3 Å². The molecule has 5 nitrogen and oxygen atoms in total. The van der Waals surface area contributed by atoms with Crippen molar-refractivity contribution in [1.29, 1.82) is 0 Å². The average Bonchev–Trinajstić information content (AvgIpc) is 2.96. The first kappa shape index (κ1) is 16.3. The van der Waals surface area contributed by atoms with E-state index in [-0.39, 0.29) is 18.3 Å². The molecule has 2 heterocycles. The average molecular weight is 348 g/mol. The first-order chi connectivity index (χ1) is 11.6. The molecule has 3 aromatic rings. The first-order valence-corrected chi connectivity index (χ1v) is 7.77. The zero-order chi connectivity index (χ0) is 16.9. The normalized spacial score (nSPS) is 10.8. The molecule has 24 heavy (non-hydrogen) atoms. The number of benzene rings is 1. The summed E-state index contributed by atoms with van der Waals surface area (Å²) in [5.41, 5.74) is 1.64. The number of pyridine rings is 1. The third-order valence-electron chi connectivity index (χ3n) is 3.36. The van der Waals surface area contributed by atoms with Gasteiger partial charge >= 0.3 is 0 Å². The van der Waals surface area contributed by atoms with E-state index >= 15 is 0 Å². The molecule has 0 bridgehead atoms. The number of ether oxygens (including phenoxy) is 1. The summed E-state index contributed by atoms with van der Waals surface area (Å²) in [5, 5.41) is 3.34. The van der Waals surface area contributed by atoms with Crippen LogP contribution in [0.25, 0.3) is 5.65 Å². The lowest BCUT2D eigenvalue weighted by molar-refractivity contribution is -0.123. The maximum atomic E-state index is 13.4. The Morgan fingerprint density at radius 2 is 2.08 bits per heavy atom. The van der Waals surface area contributed by atoms with Crippen molar-refractivity contribution in [1.82, 2.24) is 14.7 Å². The highest BCUT2D eigenvalue weighted by molar-refractivity contribution is 6.30. The van der Waals surface area contributed by atoms with Crippen LogP contribution in [0.4, 0.5) is 4.39 Å². The van der Waals surface area contributed by atoms with E-state index in [9.17, 15) is 9.18 Å². The van der Waals surface area contributed by atoms with Gasteiger partial charge in [-0.1, -0.05) is 23.7 Å². The van der Waals surface area contributed by atoms with Gasteiger partial charge in [-0.3, -0.25) is 4.79 Å². The lowest BCUT2D eigenvalue weighted by Crippen LogP contribution is -2.30. The van der Waals surface area contributed by atoms with Crippen LogP contribution in [0.5, 0.6) is 5.75 Å². The van der Waals surface area contributed by atoms with Crippen LogP contribution in [0.15, 0.2) is 48.8 Å². The Morgan fingerprint density at radius 1 is 1.25 bits per heavy atom. The van der Waals surface area contributed by atoms with Gasteiger partial charge in [-0.15, -0.1) is 0 Å². The molecule has 7 heteroatoms. The Morgan fingerprint density at radius 3 is 2.92 bits per heavy atom. The van der Waals surface area contributed by atoms with Gasteiger partial charge < -0.3 is 14.5 Å². The van der Waals surface area contributed by atoms with Crippen molar-refractivity contribution in [2.75, 3.05) is 13.2 Å². The minimum absolute atomic E-state index is 0.0601. The van der Waals surface area contributed by atoms with Gasteiger partial charge in [0.25, 0.3) is 5.91 Å². The second kappa shape index (κ2) is 7.31. The molecule has 0 aliphatic carbocycles. The summed E-state index contributed by atoms with van der Waals surface area (Å²) in [4.78, 5) is 16.2. The van der Waals surface area contributed by atoms with Crippen molar-refractivity contribution < 1.29 is 13.9 Å². The van der Waals surface area contributed by atoms with Crippen LogP contribution < -0.4 is 10.1 Å². The van der Waals surface area contributed by atoms with Crippen molar-refractivity contribution >= 4 is 23.2 Å². The smallest absolute Gasteiger partial charge is 0.257 e. The van der Waals surface area contributed by atoms with Gasteiger partial charge in [-0.05, 0) is 24.3 Å². The molecule has 2 aromatic heterocycles. The fourth-order valence-electron chi connectivity index (χ4n) is 2.22. The van der Waals surface area contributed by atoms with E-state index in [1.807, 2.05) is 16.7 Å². The van der Waals surface area contributed by atoms with Crippen LogP contribution in [-0.2, 0) is 11.2 Å². The molecule has 0 radical (unpaired) electrons. The maximum absolute atomic E-state index is 13.4. The SMILES string of the molecule is O=C(COc1ccccc1F)NCCc1cn2cc(Cl)ccc2n1. The van der Waals surface area contributed by atoms with Gasteiger partial charge in [0, 0.05) is 25.4 Å². The predicted molar refractivity (Wildman–Crippen MR) is 88.8 cm³/mol. The molecule has 1 aromatic carbocycles. The number of nitrogens with zero attached hydrogens (tertiary/aromatic N) is 2. The largest absolute Gasteiger partial charge is 0.481 e. The summed E-state index contributed by atoms with van der Waals surface area (Å²) < 4.78 is 20.3. The number of halogens is 2. The predicted octanol–water partition coefficient (Wildman–Crippen LogP) is 2.86. The van der Waals surface area contributed by atoms with E-state index in [1.54, 1.807) is 24.4 Å². The molecule has 0 spiro atoms. The van der Waals surface area contributed by atoms with Gasteiger partial charge in [0.15, 0.2) is 18.2 Å². The molecule has 1 amide bonds. The minimum atomic E-state index is -0.492. The Kier molecular flexibility index (Phi) is 4.96. The molecule has 0 atom stereocenters. The lowest BCUT2D eigenvalue weighted by Gasteiger charge is -2.07. The summed E-state index contributed by atoms with van der Waals surface area (Å²) >= 11 is 5.92. The highest BCUT2D eigenvalue weighted by Gasteiger charge is 2.07. The topological polar surface area (TPSA) is 55.6 Å². The maximum Gasteiger partial charge on any atom is 0.257 e. The van der Waals surface area contributed by atoms with Crippen molar-refractivity contribution in [3.05, 3.63) is 65.3 Å². The third-order valence-corrected chi connectivity index (χ3v) is 3.59. The molecule has 0 aliphatic heterocycles. The van der Waals surface area contributed by atoms with Crippen LogP contribution in [-0.4, -0.2) is 28.4 Å². The number of hydrogen-bond acceptors (Lipinski definition) is 3. The summed E-state index contributed by atoms with van der Waals surface area (Å²) in [5.74, 6) is -0.747. The number of imidazole rings is 1. The zero-order valence-electron chi connectivity index (χ0n) is 12.7. The van der Waals surface area contributed by atoms with Crippen molar-refractivity contribution in [3.63, 3.8) is 0 Å². The van der Waals surface area contributed by atoms with Crippen molar-refractivity contribution in [2.45, 2.75) is 6.42 Å². The van der Waals surface area contributed by atoms with E-state index in [0.29, 0.717) is 18.0 Å². The number of fused-ring (bicyclic) bond motifs is 1. The number of nitrogens with one attached hydrogen (secondary N) is 1. The number of para-hydroxylation sites is 1. The molecular weight excluding hydrogens is 333 g/mol. The highest BCUT2D eigenvalue weighted by Crippen LogP contribution is 2.15. The van der Waals surface area contributed by atoms with Crippen LogP contribution in [0.1, 0.15) is 5.69 Å². The number of amides is 1. The molecule has 0 saturated carbocycles. The zero-order valence-corrected chi connectivity index (χ0v) is 13.5. The Labute approximate surface area is 143 Å². The summed E-state index contributed by atoms with van der Waals surface area (Å²) in [6.45, 7) is 0.179. The van der Waals surface area contributed by atoms with E-state index in [4.69, 9.17) is 16.3 Å². The van der Waals surface area contributed by atoms with Crippen LogP contribution >= 0.6 is 11.6 Å². The molecule has 0 aliphatic rings. The quantitative estimate of drug-likeness (QED) is 0.746. The number of rotatable bonds is 6. The van der Waals surface area contributed by atoms with Gasteiger partial charge in [0.2, 0.25) is 0 Å². The summed E-state index contributed by atoms with van der Waals surface area (Å²) in [7, 11) is 0. The summed E-state index contributed by atoms with van der Waals surface area (Å²) in [6.07, 6.45) is 4.21. The fourth-order valence-corrected chi connectivity index (χ4v) is 2.39. The number of hydrogen-bond donors (Lipinski definition) is 1. The van der Waals surface area contributed by atoms with E-state index < -0.39 is 5.82 Å². The monoisotopic (exact) mass is 347 g/mol. The van der Waals surface area contributed by atoms with E-state index in [1.165, 1.54) is 12.1 Å². The fraction of sp³-hybridized carbons (Fsp3) is 0.176. The standard InChI is InChI=1S/C17H15ClFN3O2/c18-12-5-6-16-21-13(10-22(16)9-12)7-8-20-17(23)11-24-15-4-2-1-3-14(15)19/h1-6,9-10H,7-8,11H2,(H,20,23). The van der Waals surface area contributed by atoms with Gasteiger partial charge in [0.1, 0.15) is 5.65 Å². The Balaban J connectivity index is 1.47.